The first kappa shape index (κ1) is 14.0. The summed E-state index contributed by atoms with van der Waals surface area (Å²) in [6.07, 6.45) is 1.38. The minimum atomic E-state index is -0.686. The summed E-state index contributed by atoms with van der Waals surface area (Å²) in [5.74, 6) is -0.884. The van der Waals surface area contributed by atoms with Crippen molar-refractivity contribution in [2.24, 2.45) is 21.9 Å². The Morgan fingerprint density at radius 1 is 1.36 bits per heavy atom. The Morgan fingerprint density at radius 3 is 2.77 bits per heavy atom. The quantitative estimate of drug-likeness (QED) is 0.908. The standard InChI is InChI=1S/C15H11N5OS/c16-6-10-12(9-4-2-1-3-5-9)8-22-15(10)19-14(21)11-7-18-20-13(11)17/h1-5,7-8,11H,(H2,17,20)(H,19,21). The van der Waals surface area contributed by atoms with Gasteiger partial charge in [0.25, 0.3) is 0 Å². The van der Waals surface area contributed by atoms with E-state index in [1.807, 2.05) is 35.7 Å². The number of amides is 1. The van der Waals surface area contributed by atoms with Gasteiger partial charge in [0.15, 0.2) is 0 Å². The van der Waals surface area contributed by atoms with E-state index in [0.717, 1.165) is 11.1 Å². The van der Waals surface area contributed by atoms with Crippen LogP contribution in [0.25, 0.3) is 11.1 Å². The molecule has 7 heteroatoms. The molecule has 22 heavy (non-hydrogen) atoms. The highest BCUT2D eigenvalue weighted by Gasteiger charge is 2.25. The van der Waals surface area contributed by atoms with E-state index in [1.54, 1.807) is 0 Å². The molecular weight excluding hydrogens is 298 g/mol. The minimum absolute atomic E-state index is 0.149. The zero-order chi connectivity index (χ0) is 15.5. The molecule has 0 fully saturated rings. The van der Waals surface area contributed by atoms with Gasteiger partial charge in [-0.15, -0.1) is 16.4 Å². The first-order valence-corrected chi connectivity index (χ1v) is 7.33. The molecule has 1 aliphatic rings. The first-order chi connectivity index (χ1) is 10.7. The lowest BCUT2D eigenvalue weighted by Gasteiger charge is -2.07. The fourth-order valence-electron chi connectivity index (χ4n) is 2.09. The number of rotatable bonds is 3. The van der Waals surface area contributed by atoms with E-state index < -0.39 is 5.92 Å². The summed E-state index contributed by atoms with van der Waals surface area (Å²) in [6, 6.07) is 11.7. The fraction of sp³-hybridized carbons (Fsp3) is 0.0667. The lowest BCUT2D eigenvalue weighted by molar-refractivity contribution is -0.116. The van der Waals surface area contributed by atoms with Gasteiger partial charge in [0, 0.05) is 17.2 Å². The Morgan fingerprint density at radius 2 is 2.14 bits per heavy atom. The Kier molecular flexibility index (Phi) is 3.68. The van der Waals surface area contributed by atoms with Crippen LogP contribution in [-0.4, -0.2) is 18.0 Å². The summed E-state index contributed by atoms with van der Waals surface area (Å²) < 4.78 is 0. The normalized spacial score (nSPS) is 16.1. The lowest BCUT2D eigenvalue weighted by Crippen LogP contribution is -2.33. The van der Waals surface area contributed by atoms with Crippen LogP contribution >= 0.6 is 11.3 Å². The van der Waals surface area contributed by atoms with Crippen LogP contribution in [0.1, 0.15) is 5.56 Å². The van der Waals surface area contributed by atoms with Gasteiger partial charge in [0.2, 0.25) is 5.91 Å². The Hall–Kier alpha value is -2.98. The molecule has 2 heterocycles. The zero-order valence-corrected chi connectivity index (χ0v) is 12.2. The maximum atomic E-state index is 12.2. The van der Waals surface area contributed by atoms with Gasteiger partial charge in [-0.05, 0) is 5.56 Å². The summed E-state index contributed by atoms with van der Waals surface area (Å²) in [5.41, 5.74) is 7.77. The summed E-state index contributed by atoms with van der Waals surface area (Å²) in [7, 11) is 0. The highest BCUT2D eigenvalue weighted by Crippen LogP contribution is 2.35. The Labute approximate surface area is 130 Å². The van der Waals surface area contributed by atoms with Crippen LogP contribution in [0.3, 0.4) is 0 Å². The fourth-order valence-corrected chi connectivity index (χ4v) is 3.01. The summed E-state index contributed by atoms with van der Waals surface area (Å²) in [4.78, 5) is 12.2. The SMILES string of the molecule is N#Cc1c(-c2ccccc2)csc1NC(=O)C1C=NN=C1N. The Bertz CT molecular complexity index is 816. The maximum Gasteiger partial charge on any atom is 0.241 e. The molecule has 1 unspecified atom stereocenters. The minimum Gasteiger partial charge on any atom is -0.385 e. The van der Waals surface area contributed by atoms with E-state index >= 15 is 0 Å². The van der Waals surface area contributed by atoms with Gasteiger partial charge in [-0.3, -0.25) is 4.79 Å². The molecule has 0 aliphatic carbocycles. The van der Waals surface area contributed by atoms with E-state index in [-0.39, 0.29) is 11.7 Å². The highest BCUT2D eigenvalue weighted by atomic mass is 32.1. The molecular formula is C15H11N5OS. The van der Waals surface area contributed by atoms with Crippen LogP contribution < -0.4 is 11.1 Å². The lowest BCUT2D eigenvalue weighted by atomic mass is 10.0. The molecule has 1 aliphatic heterocycles. The van der Waals surface area contributed by atoms with Gasteiger partial charge in [-0.2, -0.15) is 10.4 Å². The third-order valence-corrected chi connectivity index (χ3v) is 4.11. The van der Waals surface area contributed by atoms with Crippen LogP contribution in [0.4, 0.5) is 5.00 Å². The van der Waals surface area contributed by atoms with Gasteiger partial charge in [-0.1, -0.05) is 30.3 Å². The van der Waals surface area contributed by atoms with Gasteiger partial charge in [-0.25, -0.2) is 0 Å². The summed E-state index contributed by atoms with van der Waals surface area (Å²) in [5, 5.41) is 21.7. The van der Waals surface area contributed by atoms with E-state index in [0.29, 0.717) is 10.6 Å². The predicted molar refractivity (Wildman–Crippen MR) is 86.7 cm³/mol. The van der Waals surface area contributed by atoms with Crippen LogP contribution in [0.2, 0.25) is 0 Å². The van der Waals surface area contributed by atoms with Crippen LogP contribution in [0, 0.1) is 17.2 Å². The van der Waals surface area contributed by atoms with Crippen LogP contribution in [0.5, 0.6) is 0 Å². The van der Waals surface area contributed by atoms with E-state index in [9.17, 15) is 10.1 Å². The van der Waals surface area contributed by atoms with Crippen molar-refractivity contribution < 1.29 is 4.79 Å². The van der Waals surface area contributed by atoms with Crippen molar-refractivity contribution in [2.45, 2.75) is 0 Å². The molecule has 1 amide bonds. The first-order valence-electron chi connectivity index (χ1n) is 6.45. The monoisotopic (exact) mass is 309 g/mol. The number of carbonyl (C=O) groups is 1. The van der Waals surface area contributed by atoms with E-state index in [4.69, 9.17) is 5.73 Å². The molecule has 6 nitrogen and oxygen atoms in total. The van der Waals surface area contributed by atoms with Crippen molar-refractivity contribution in [1.82, 2.24) is 0 Å². The van der Waals surface area contributed by atoms with E-state index in [2.05, 4.69) is 21.6 Å². The molecule has 0 spiro atoms. The number of carbonyl (C=O) groups excluding carboxylic acids is 1. The molecule has 0 saturated carbocycles. The molecule has 0 radical (unpaired) electrons. The number of hydrogen-bond donors (Lipinski definition) is 2. The van der Waals surface area contributed by atoms with Crippen molar-refractivity contribution in [3.05, 3.63) is 41.3 Å². The smallest absolute Gasteiger partial charge is 0.241 e. The number of benzene rings is 1. The average Bonchev–Trinajstić information content (AvgIpc) is 3.14. The largest absolute Gasteiger partial charge is 0.385 e. The molecule has 1 atom stereocenters. The van der Waals surface area contributed by atoms with Gasteiger partial charge >= 0.3 is 0 Å². The number of nitrogens with one attached hydrogen (secondary N) is 1. The second-order valence-corrected chi connectivity index (χ2v) is 5.47. The number of thiophene rings is 1. The summed E-state index contributed by atoms with van der Waals surface area (Å²) in [6.45, 7) is 0. The van der Waals surface area contributed by atoms with Crippen molar-refractivity contribution in [2.75, 3.05) is 5.32 Å². The molecule has 108 valence electrons. The third kappa shape index (κ3) is 2.47. The maximum absolute atomic E-state index is 12.2. The Balaban J connectivity index is 1.89. The number of nitrogens with zero attached hydrogens (tertiary/aromatic N) is 3. The van der Waals surface area contributed by atoms with Crippen LogP contribution in [-0.2, 0) is 4.79 Å². The van der Waals surface area contributed by atoms with Gasteiger partial charge in [0.05, 0.1) is 5.56 Å². The molecule has 1 aromatic heterocycles. The van der Waals surface area contributed by atoms with Crippen molar-refractivity contribution in [3.63, 3.8) is 0 Å². The molecule has 3 rings (SSSR count). The van der Waals surface area contributed by atoms with Gasteiger partial charge in [0.1, 0.15) is 22.8 Å². The van der Waals surface area contributed by atoms with E-state index in [1.165, 1.54) is 17.6 Å². The number of nitriles is 1. The average molecular weight is 309 g/mol. The number of hydrogen-bond acceptors (Lipinski definition) is 6. The molecule has 3 N–H and O–H groups in total. The van der Waals surface area contributed by atoms with Crippen molar-refractivity contribution in [1.29, 1.82) is 5.26 Å². The topological polar surface area (TPSA) is 104 Å². The second-order valence-electron chi connectivity index (χ2n) is 4.59. The third-order valence-electron chi connectivity index (χ3n) is 3.21. The number of amidine groups is 1. The molecule has 1 aromatic carbocycles. The molecule has 0 bridgehead atoms. The van der Waals surface area contributed by atoms with Gasteiger partial charge < -0.3 is 11.1 Å². The molecule has 2 aromatic rings. The highest BCUT2D eigenvalue weighted by molar-refractivity contribution is 7.15. The number of anilines is 1. The van der Waals surface area contributed by atoms with Crippen molar-refractivity contribution >= 4 is 34.3 Å². The van der Waals surface area contributed by atoms with Crippen LogP contribution in [0.15, 0.2) is 45.9 Å². The second kappa shape index (κ2) is 5.79. The zero-order valence-electron chi connectivity index (χ0n) is 11.4. The number of nitrogens with two attached hydrogens (primary N) is 1. The predicted octanol–water partition coefficient (Wildman–Crippen LogP) is 2.20. The van der Waals surface area contributed by atoms with Crippen molar-refractivity contribution in [3.8, 4) is 17.2 Å². The summed E-state index contributed by atoms with van der Waals surface area (Å²) >= 11 is 1.30. The molecule has 0 saturated heterocycles.